The Labute approximate surface area is 162 Å². The number of hydrogen-bond donors (Lipinski definition) is 2. The van der Waals surface area contributed by atoms with E-state index in [1.54, 1.807) is 6.08 Å². The van der Waals surface area contributed by atoms with Crippen LogP contribution >= 0.6 is 0 Å². The van der Waals surface area contributed by atoms with E-state index in [9.17, 15) is 19.8 Å². The summed E-state index contributed by atoms with van der Waals surface area (Å²) in [7, 11) is 0. The molecule has 2 N–H and O–H groups in total. The van der Waals surface area contributed by atoms with Crippen molar-refractivity contribution >= 4 is 12.1 Å². The van der Waals surface area contributed by atoms with Crippen LogP contribution in [0.3, 0.4) is 0 Å². The predicted octanol–water partition coefficient (Wildman–Crippen LogP) is 3.32. The summed E-state index contributed by atoms with van der Waals surface area (Å²) in [5.74, 6) is 0.716. The fourth-order valence-electron chi connectivity index (χ4n) is 7.47. The third kappa shape index (κ3) is 2.96. The number of aliphatic hydroxyl groups excluding tert-OH is 2. The van der Waals surface area contributed by atoms with Crippen LogP contribution in [0.15, 0.2) is 23.8 Å². The molecule has 3 saturated carbocycles. The minimum atomic E-state index is -0.521. The van der Waals surface area contributed by atoms with E-state index >= 15 is 0 Å². The first-order valence-electron chi connectivity index (χ1n) is 10.3. The summed E-state index contributed by atoms with van der Waals surface area (Å²) >= 11 is 0. The average molecular weight is 375 g/mol. The number of rotatable bonds is 4. The van der Waals surface area contributed by atoms with Gasteiger partial charge in [0.25, 0.3) is 0 Å². The highest BCUT2D eigenvalue weighted by atomic mass is 16.3. The Morgan fingerprint density at radius 2 is 2.04 bits per heavy atom. The summed E-state index contributed by atoms with van der Waals surface area (Å²) in [4.78, 5) is 23.7. The van der Waals surface area contributed by atoms with Gasteiger partial charge in [-0.15, -0.1) is 0 Å². The number of carbonyl (C=O) groups is 2. The Hall–Kier alpha value is -1.26. The number of carbonyl (C=O) groups excluding carboxylic acids is 2. The van der Waals surface area contributed by atoms with Crippen LogP contribution in [0.1, 0.15) is 53.4 Å². The third-order valence-corrected chi connectivity index (χ3v) is 8.21. The van der Waals surface area contributed by atoms with Crippen LogP contribution in [-0.2, 0) is 9.59 Å². The van der Waals surface area contributed by atoms with Gasteiger partial charge in [0.2, 0.25) is 0 Å². The topological polar surface area (TPSA) is 74.6 Å². The van der Waals surface area contributed by atoms with E-state index in [1.165, 1.54) is 0 Å². The smallest absolute Gasteiger partial charge is 0.162 e. The summed E-state index contributed by atoms with van der Waals surface area (Å²) in [6.45, 7) is 8.00. The van der Waals surface area contributed by atoms with Gasteiger partial charge in [-0.2, -0.15) is 0 Å². The van der Waals surface area contributed by atoms with Gasteiger partial charge >= 0.3 is 0 Å². The van der Waals surface area contributed by atoms with Gasteiger partial charge in [0, 0.05) is 17.3 Å². The molecule has 150 valence electrons. The second-order valence-electron chi connectivity index (χ2n) is 9.54. The Kier molecular flexibility index (Phi) is 5.53. The lowest BCUT2D eigenvalue weighted by Gasteiger charge is -2.58. The molecule has 0 aliphatic heterocycles. The van der Waals surface area contributed by atoms with Crippen molar-refractivity contribution < 1.29 is 19.8 Å². The summed E-state index contributed by atoms with van der Waals surface area (Å²) in [6.07, 6.45) is 9.56. The second kappa shape index (κ2) is 7.29. The molecular formula is C23H34O4. The quantitative estimate of drug-likeness (QED) is 0.450. The first kappa shape index (κ1) is 20.5. The van der Waals surface area contributed by atoms with Crippen molar-refractivity contribution in [3.8, 4) is 0 Å². The largest absolute Gasteiger partial charge is 0.393 e. The van der Waals surface area contributed by atoms with Crippen LogP contribution in [-0.4, -0.2) is 35.0 Å². The number of ketones is 1. The molecule has 0 spiro atoms. The fraction of sp³-hybridized carbons (Fsp3) is 0.739. The molecule has 27 heavy (non-hydrogen) atoms. The molecule has 0 radical (unpaired) electrons. The molecule has 0 aromatic carbocycles. The van der Waals surface area contributed by atoms with E-state index in [4.69, 9.17) is 0 Å². The maximum absolute atomic E-state index is 12.5. The molecule has 0 aromatic rings. The molecule has 0 heterocycles. The van der Waals surface area contributed by atoms with Crippen molar-refractivity contribution in [2.24, 2.45) is 40.4 Å². The third-order valence-electron chi connectivity index (χ3n) is 8.21. The lowest BCUT2D eigenvalue weighted by Crippen LogP contribution is -2.56. The summed E-state index contributed by atoms with van der Waals surface area (Å²) in [5, 5.41) is 20.8. The molecule has 0 saturated heterocycles. The number of allylic oxidation sites excluding steroid dienone is 4. The first-order valence-corrected chi connectivity index (χ1v) is 10.3. The molecular weight excluding hydrogens is 340 g/mol. The summed E-state index contributed by atoms with van der Waals surface area (Å²) in [5.41, 5.74) is 0.512. The van der Waals surface area contributed by atoms with Crippen LogP contribution < -0.4 is 0 Å². The van der Waals surface area contributed by atoms with Gasteiger partial charge < -0.3 is 10.2 Å². The zero-order chi connectivity index (χ0) is 20.0. The second-order valence-corrected chi connectivity index (χ2v) is 9.54. The first-order chi connectivity index (χ1) is 12.7. The van der Waals surface area contributed by atoms with Crippen molar-refractivity contribution in [1.29, 1.82) is 0 Å². The van der Waals surface area contributed by atoms with Crippen LogP contribution in [0.4, 0.5) is 0 Å². The van der Waals surface area contributed by atoms with Crippen LogP contribution in [0, 0.1) is 40.4 Å². The van der Waals surface area contributed by atoms with Crippen LogP contribution in [0.2, 0.25) is 0 Å². The van der Waals surface area contributed by atoms with Gasteiger partial charge in [-0.05, 0) is 61.9 Å². The number of aldehydes is 1. The lowest BCUT2D eigenvalue weighted by atomic mass is 9.47. The van der Waals surface area contributed by atoms with Crippen molar-refractivity contribution in [2.45, 2.75) is 59.5 Å². The lowest BCUT2D eigenvalue weighted by molar-refractivity contribution is -0.142. The van der Waals surface area contributed by atoms with Crippen molar-refractivity contribution in [3.63, 3.8) is 0 Å². The van der Waals surface area contributed by atoms with E-state index < -0.39 is 12.7 Å². The molecule has 0 bridgehead atoms. The monoisotopic (exact) mass is 374 g/mol. The summed E-state index contributed by atoms with van der Waals surface area (Å²) < 4.78 is 0. The molecule has 7 unspecified atom stereocenters. The van der Waals surface area contributed by atoms with E-state index in [0.29, 0.717) is 18.3 Å². The highest BCUT2D eigenvalue weighted by molar-refractivity contribution is 5.83. The molecule has 4 nitrogen and oxygen atoms in total. The normalized spacial score (nSPS) is 48.4. The zero-order valence-electron chi connectivity index (χ0n) is 17.0. The highest BCUT2D eigenvalue weighted by Crippen LogP contribution is 2.66. The highest BCUT2D eigenvalue weighted by Gasteiger charge is 2.63. The molecule has 3 fully saturated rings. The minimum Gasteiger partial charge on any atom is -0.393 e. The van der Waals surface area contributed by atoms with Gasteiger partial charge in [0.05, 0.1) is 6.10 Å². The van der Waals surface area contributed by atoms with Crippen molar-refractivity contribution in [3.05, 3.63) is 23.8 Å². The average Bonchev–Trinajstić information content (AvgIpc) is 2.86. The van der Waals surface area contributed by atoms with Crippen molar-refractivity contribution in [1.82, 2.24) is 0 Å². The van der Waals surface area contributed by atoms with Crippen LogP contribution in [0.5, 0.6) is 0 Å². The van der Waals surface area contributed by atoms with Gasteiger partial charge in [0.1, 0.15) is 12.9 Å². The van der Waals surface area contributed by atoms with Crippen molar-refractivity contribution in [2.75, 3.05) is 6.61 Å². The van der Waals surface area contributed by atoms with E-state index in [2.05, 4.69) is 26.8 Å². The Bertz CT molecular complexity index is 665. The van der Waals surface area contributed by atoms with Gasteiger partial charge in [0.15, 0.2) is 5.78 Å². The molecule has 3 aliphatic rings. The van der Waals surface area contributed by atoms with E-state index in [0.717, 1.165) is 31.1 Å². The van der Waals surface area contributed by atoms with E-state index in [1.807, 2.05) is 13.0 Å². The molecule has 3 rings (SSSR count). The standard InChI is InChI=1S/C23H34O4/c1-5-9-22(3)15(8-10-24)6-7-16-17-11-14(2)20(19(27)13-25)23(17,4)12-18(26)21(16)22/h5,8-10,14,16-18,20-21,25-26H,6-7,11-13H2,1-4H3/b9-5-,15-8-/t14-,16?,17?,18?,20?,21?,22?,23?/m1/s1. The maximum Gasteiger partial charge on any atom is 0.162 e. The molecule has 0 aromatic heterocycles. The Balaban J connectivity index is 2.05. The Morgan fingerprint density at radius 3 is 2.63 bits per heavy atom. The summed E-state index contributed by atoms with van der Waals surface area (Å²) in [6, 6.07) is 0. The SMILES string of the molecule is C/C=C\C1(C)/C(=C\C=O)CCC2C1C(O)CC1(C)C2C[C@@H](C)C1C(=O)CO. The number of Topliss-reactive ketones (excluding diaryl/α,β-unsaturated/α-hetero) is 1. The number of hydrogen-bond acceptors (Lipinski definition) is 4. The van der Waals surface area contributed by atoms with Crippen LogP contribution in [0.25, 0.3) is 0 Å². The minimum absolute atomic E-state index is 0.0573. The molecule has 8 atom stereocenters. The number of fused-ring (bicyclic) bond motifs is 3. The maximum atomic E-state index is 12.5. The predicted molar refractivity (Wildman–Crippen MR) is 105 cm³/mol. The van der Waals surface area contributed by atoms with Gasteiger partial charge in [-0.3, -0.25) is 9.59 Å². The molecule has 3 aliphatic carbocycles. The molecule has 0 amide bonds. The van der Waals surface area contributed by atoms with Gasteiger partial charge in [-0.25, -0.2) is 0 Å². The van der Waals surface area contributed by atoms with E-state index in [-0.39, 0.29) is 34.4 Å². The fourth-order valence-corrected chi connectivity index (χ4v) is 7.47. The zero-order valence-corrected chi connectivity index (χ0v) is 17.0. The van der Waals surface area contributed by atoms with Gasteiger partial charge in [-0.1, -0.05) is 38.5 Å². The number of aliphatic hydroxyl groups is 2. The molecule has 4 heteroatoms. The Morgan fingerprint density at radius 1 is 1.33 bits per heavy atom.